The lowest BCUT2D eigenvalue weighted by Crippen LogP contribution is -2.39. The Hall–Kier alpha value is -1.60. The molecule has 7 heteroatoms. The summed E-state index contributed by atoms with van der Waals surface area (Å²) in [5.74, 6) is -0.373. The van der Waals surface area contributed by atoms with E-state index in [1.54, 1.807) is 33.8 Å². The van der Waals surface area contributed by atoms with Gasteiger partial charge in [0, 0.05) is 11.7 Å². The van der Waals surface area contributed by atoms with E-state index in [1.165, 1.54) is 6.07 Å². The van der Waals surface area contributed by atoms with Gasteiger partial charge in [-0.3, -0.25) is 4.79 Å². The molecule has 0 unspecified atom stereocenters. The second-order valence-electron chi connectivity index (χ2n) is 5.01. The fourth-order valence-corrected chi connectivity index (χ4v) is 3.08. The van der Waals surface area contributed by atoms with E-state index in [4.69, 9.17) is 5.73 Å². The highest BCUT2D eigenvalue weighted by molar-refractivity contribution is 7.89. The first kappa shape index (κ1) is 16.5. The third kappa shape index (κ3) is 4.21. The lowest BCUT2D eigenvalue weighted by molar-refractivity contribution is -0.120. The Morgan fingerprint density at radius 2 is 1.90 bits per heavy atom. The highest BCUT2D eigenvalue weighted by Gasteiger charge is 2.19. The SMILES string of the molecule is Cc1cc(N)cc(S(=O)(=O)NCC(=O)NC(C)C)c1C. The summed E-state index contributed by atoms with van der Waals surface area (Å²) in [6, 6.07) is 3.06. The number of hydrogen-bond donors (Lipinski definition) is 3. The summed E-state index contributed by atoms with van der Waals surface area (Å²) >= 11 is 0. The monoisotopic (exact) mass is 299 g/mol. The van der Waals surface area contributed by atoms with Crippen LogP contribution in [0.25, 0.3) is 0 Å². The molecule has 0 aliphatic heterocycles. The van der Waals surface area contributed by atoms with Crippen LogP contribution in [-0.2, 0) is 14.8 Å². The van der Waals surface area contributed by atoms with E-state index in [1.807, 2.05) is 0 Å². The summed E-state index contributed by atoms with van der Waals surface area (Å²) in [7, 11) is -3.76. The van der Waals surface area contributed by atoms with Gasteiger partial charge < -0.3 is 11.1 Å². The van der Waals surface area contributed by atoms with Crippen LogP contribution < -0.4 is 15.8 Å². The van der Waals surface area contributed by atoms with Crippen LogP contribution in [-0.4, -0.2) is 26.9 Å². The number of hydrogen-bond acceptors (Lipinski definition) is 4. The first-order valence-corrected chi connectivity index (χ1v) is 7.77. The Balaban J connectivity index is 2.93. The summed E-state index contributed by atoms with van der Waals surface area (Å²) < 4.78 is 26.7. The number of anilines is 1. The zero-order valence-corrected chi connectivity index (χ0v) is 13.0. The third-order valence-electron chi connectivity index (χ3n) is 2.80. The summed E-state index contributed by atoms with van der Waals surface area (Å²) in [6.45, 7) is 6.80. The minimum atomic E-state index is -3.76. The average molecular weight is 299 g/mol. The van der Waals surface area contributed by atoms with Gasteiger partial charge in [0.25, 0.3) is 0 Å². The van der Waals surface area contributed by atoms with Crippen molar-refractivity contribution in [2.45, 2.75) is 38.6 Å². The number of nitrogens with two attached hydrogens (primary N) is 1. The van der Waals surface area contributed by atoms with Crippen LogP contribution in [0.1, 0.15) is 25.0 Å². The van der Waals surface area contributed by atoms with Gasteiger partial charge in [0.15, 0.2) is 0 Å². The largest absolute Gasteiger partial charge is 0.399 e. The smallest absolute Gasteiger partial charge is 0.241 e. The highest BCUT2D eigenvalue weighted by Crippen LogP contribution is 2.21. The van der Waals surface area contributed by atoms with Crippen molar-refractivity contribution in [3.63, 3.8) is 0 Å². The Bertz CT molecular complexity index is 610. The molecule has 0 saturated carbocycles. The molecule has 0 heterocycles. The Morgan fingerprint density at radius 3 is 2.45 bits per heavy atom. The molecule has 112 valence electrons. The van der Waals surface area contributed by atoms with E-state index in [0.717, 1.165) is 5.56 Å². The van der Waals surface area contributed by atoms with Crippen molar-refractivity contribution in [3.05, 3.63) is 23.3 Å². The molecule has 1 amide bonds. The number of carbonyl (C=O) groups excluding carboxylic acids is 1. The van der Waals surface area contributed by atoms with E-state index >= 15 is 0 Å². The Kier molecular flexibility index (Phi) is 5.13. The first-order chi connectivity index (χ1) is 9.13. The van der Waals surface area contributed by atoms with Gasteiger partial charge >= 0.3 is 0 Å². The molecule has 0 aromatic heterocycles. The number of aryl methyl sites for hydroxylation is 1. The van der Waals surface area contributed by atoms with Gasteiger partial charge in [0.05, 0.1) is 11.4 Å². The molecule has 6 nitrogen and oxygen atoms in total. The first-order valence-electron chi connectivity index (χ1n) is 6.29. The molecular formula is C13H21N3O3S. The lowest BCUT2D eigenvalue weighted by Gasteiger charge is -2.13. The molecule has 0 saturated heterocycles. The number of sulfonamides is 1. The van der Waals surface area contributed by atoms with Gasteiger partial charge in [0.1, 0.15) is 0 Å². The van der Waals surface area contributed by atoms with Crippen LogP contribution >= 0.6 is 0 Å². The molecule has 4 N–H and O–H groups in total. The second kappa shape index (κ2) is 6.23. The van der Waals surface area contributed by atoms with Gasteiger partial charge in [-0.2, -0.15) is 0 Å². The zero-order valence-electron chi connectivity index (χ0n) is 12.1. The molecule has 0 radical (unpaired) electrons. The Morgan fingerprint density at radius 1 is 1.30 bits per heavy atom. The number of nitrogen functional groups attached to an aromatic ring is 1. The standard InChI is InChI=1S/C13H21N3O3S/c1-8(2)16-13(17)7-15-20(18,19)12-6-11(14)5-9(3)10(12)4/h5-6,8,15H,7,14H2,1-4H3,(H,16,17). The van der Waals surface area contributed by atoms with Crippen LogP contribution in [0.4, 0.5) is 5.69 Å². The second-order valence-corrected chi connectivity index (χ2v) is 6.74. The van der Waals surface area contributed by atoms with Gasteiger partial charge in [-0.05, 0) is 51.0 Å². The van der Waals surface area contributed by atoms with Crippen LogP contribution in [0.2, 0.25) is 0 Å². The maximum absolute atomic E-state index is 12.2. The van der Waals surface area contributed by atoms with Crippen LogP contribution in [0, 0.1) is 13.8 Å². The number of amides is 1. The topological polar surface area (TPSA) is 101 Å². The number of rotatable bonds is 5. The highest BCUT2D eigenvalue weighted by atomic mass is 32.2. The van der Waals surface area contributed by atoms with Crippen LogP contribution in [0.5, 0.6) is 0 Å². The van der Waals surface area contributed by atoms with Crippen molar-refractivity contribution in [1.29, 1.82) is 0 Å². The maximum Gasteiger partial charge on any atom is 0.241 e. The fourth-order valence-electron chi connectivity index (χ4n) is 1.74. The molecular weight excluding hydrogens is 278 g/mol. The van der Waals surface area contributed by atoms with Crippen molar-refractivity contribution in [3.8, 4) is 0 Å². The van der Waals surface area contributed by atoms with Crippen molar-refractivity contribution in [1.82, 2.24) is 10.0 Å². The summed E-state index contributed by atoms with van der Waals surface area (Å²) in [5.41, 5.74) is 7.46. The van der Waals surface area contributed by atoms with E-state index in [-0.39, 0.29) is 23.4 Å². The molecule has 0 aliphatic rings. The van der Waals surface area contributed by atoms with Crippen molar-refractivity contribution in [2.75, 3.05) is 12.3 Å². The zero-order chi connectivity index (χ0) is 15.5. The minimum absolute atomic E-state index is 0.0386. The molecule has 20 heavy (non-hydrogen) atoms. The quantitative estimate of drug-likeness (QED) is 0.696. The minimum Gasteiger partial charge on any atom is -0.399 e. The lowest BCUT2D eigenvalue weighted by atomic mass is 10.1. The van der Waals surface area contributed by atoms with E-state index in [9.17, 15) is 13.2 Å². The summed E-state index contributed by atoms with van der Waals surface area (Å²) in [4.78, 5) is 11.6. The Labute approximate surface area is 119 Å². The van der Waals surface area contributed by atoms with E-state index in [0.29, 0.717) is 11.3 Å². The average Bonchev–Trinajstić information content (AvgIpc) is 2.30. The predicted molar refractivity (Wildman–Crippen MR) is 78.8 cm³/mol. The summed E-state index contributed by atoms with van der Waals surface area (Å²) in [6.07, 6.45) is 0. The van der Waals surface area contributed by atoms with Gasteiger partial charge in [-0.25, -0.2) is 13.1 Å². The van der Waals surface area contributed by atoms with Crippen LogP contribution in [0.15, 0.2) is 17.0 Å². The predicted octanol–water partition coefficient (Wildman–Crippen LogP) is 0.689. The fraction of sp³-hybridized carbons (Fsp3) is 0.462. The molecule has 1 aromatic rings. The molecule has 1 rings (SSSR count). The molecule has 0 fully saturated rings. The maximum atomic E-state index is 12.2. The number of benzene rings is 1. The van der Waals surface area contributed by atoms with Crippen molar-refractivity contribution in [2.24, 2.45) is 0 Å². The van der Waals surface area contributed by atoms with Gasteiger partial charge in [0.2, 0.25) is 15.9 Å². The molecule has 1 aromatic carbocycles. The number of nitrogens with one attached hydrogen (secondary N) is 2. The normalized spacial score (nSPS) is 11.7. The third-order valence-corrected chi connectivity index (χ3v) is 4.33. The molecule has 0 atom stereocenters. The van der Waals surface area contributed by atoms with E-state index < -0.39 is 10.0 Å². The van der Waals surface area contributed by atoms with E-state index in [2.05, 4.69) is 10.0 Å². The summed E-state index contributed by atoms with van der Waals surface area (Å²) in [5, 5.41) is 2.61. The number of carbonyl (C=O) groups is 1. The molecule has 0 spiro atoms. The molecule has 0 aliphatic carbocycles. The van der Waals surface area contributed by atoms with Gasteiger partial charge in [-0.15, -0.1) is 0 Å². The van der Waals surface area contributed by atoms with Crippen molar-refractivity contribution < 1.29 is 13.2 Å². The molecule has 0 bridgehead atoms. The van der Waals surface area contributed by atoms with Crippen molar-refractivity contribution >= 4 is 21.6 Å². The van der Waals surface area contributed by atoms with Crippen LogP contribution in [0.3, 0.4) is 0 Å². The van der Waals surface area contributed by atoms with Gasteiger partial charge in [-0.1, -0.05) is 0 Å².